The summed E-state index contributed by atoms with van der Waals surface area (Å²) in [6, 6.07) is 9.69. The molecule has 1 aliphatic rings. The van der Waals surface area contributed by atoms with Gasteiger partial charge in [0.15, 0.2) is 0 Å². The Balaban J connectivity index is 2.19. The van der Waals surface area contributed by atoms with Crippen LogP contribution < -0.4 is 5.01 Å². The van der Waals surface area contributed by atoms with Crippen molar-refractivity contribution < 1.29 is 9.53 Å². The van der Waals surface area contributed by atoms with Gasteiger partial charge in [0.1, 0.15) is 0 Å². The molecule has 1 fully saturated rings. The fourth-order valence-corrected chi connectivity index (χ4v) is 2.22. The summed E-state index contributed by atoms with van der Waals surface area (Å²) in [5.41, 5.74) is 0.873. The van der Waals surface area contributed by atoms with E-state index < -0.39 is 0 Å². The molecule has 1 aromatic carbocycles. The molecule has 0 saturated carbocycles. The molecular weight excluding hydrogens is 228 g/mol. The van der Waals surface area contributed by atoms with Crippen LogP contribution >= 0.6 is 0 Å². The van der Waals surface area contributed by atoms with Crippen LogP contribution in [0.15, 0.2) is 30.3 Å². The first-order chi connectivity index (χ1) is 8.83. The van der Waals surface area contributed by atoms with E-state index in [1.165, 1.54) is 6.42 Å². The maximum atomic E-state index is 12.1. The van der Waals surface area contributed by atoms with Crippen molar-refractivity contribution in [3.8, 4) is 0 Å². The van der Waals surface area contributed by atoms with E-state index in [0.29, 0.717) is 6.61 Å². The fraction of sp³-hybridized carbons (Fsp3) is 0.500. The average molecular weight is 248 g/mol. The van der Waals surface area contributed by atoms with Crippen LogP contribution in [0.2, 0.25) is 0 Å². The zero-order valence-corrected chi connectivity index (χ0v) is 10.8. The van der Waals surface area contributed by atoms with E-state index >= 15 is 0 Å². The average Bonchev–Trinajstić information content (AvgIpc) is 2.42. The number of nitrogens with zero attached hydrogens (tertiary/aromatic N) is 2. The summed E-state index contributed by atoms with van der Waals surface area (Å²) in [7, 11) is 0. The number of hydrogen-bond donors (Lipinski definition) is 0. The van der Waals surface area contributed by atoms with Gasteiger partial charge in [-0.25, -0.2) is 14.8 Å². The molecule has 0 radical (unpaired) electrons. The van der Waals surface area contributed by atoms with Crippen LogP contribution in [0.25, 0.3) is 0 Å². The molecule has 1 amide bonds. The molecule has 4 nitrogen and oxygen atoms in total. The van der Waals surface area contributed by atoms with Crippen LogP contribution in [0, 0.1) is 0 Å². The van der Waals surface area contributed by atoms with Gasteiger partial charge in [-0.3, -0.25) is 0 Å². The third-order valence-electron chi connectivity index (χ3n) is 3.06. The van der Waals surface area contributed by atoms with Gasteiger partial charge in [-0.2, -0.15) is 0 Å². The number of para-hydroxylation sites is 1. The van der Waals surface area contributed by atoms with Gasteiger partial charge in [-0.15, -0.1) is 0 Å². The van der Waals surface area contributed by atoms with Crippen molar-refractivity contribution in [3.05, 3.63) is 30.3 Å². The summed E-state index contributed by atoms with van der Waals surface area (Å²) in [6.07, 6.45) is 3.21. The van der Waals surface area contributed by atoms with Crippen molar-refractivity contribution in [1.29, 1.82) is 0 Å². The number of piperidine rings is 1. The van der Waals surface area contributed by atoms with Crippen LogP contribution in [0.5, 0.6) is 0 Å². The zero-order chi connectivity index (χ0) is 12.8. The normalized spacial score (nSPS) is 16.3. The predicted molar refractivity (Wildman–Crippen MR) is 71.4 cm³/mol. The van der Waals surface area contributed by atoms with Crippen LogP contribution in [0.4, 0.5) is 10.5 Å². The number of ether oxygens (including phenoxy) is 1. The Morgan fingerprint density at radius 3 is 2.50 bits per heavy atom. The van der Waals surface area contributed by atoms with Gasteiger partial charge >= 0.3 is 6.09 Å². The first-order valence-corrected chi connectivity index (χ1v) is 6.59. The molecule has 18 heavy (non-hydrogen) atoms. The highest BCUT2D eigenvalue weighted by Crippen LogP contribution is 2.20. The Bertz CT molecular complexity index is 375. The lowest BCUT2D eigenvalue weighted by atomic mass is 10.1. The summed E-state index contributed by atoms with van der Waals surface area (Å²) in [5, 5.41) is 3.75. The van der Waals surface area contributed by atoms with E-state index in [2.05, 4.69) is 5.01 Å². The molecule has 0 aromatic heterocycles. The van der Waals surface area contributed by atoms with E-state index in [1.807, 2.05) is 37.3 Å². The van der Waals surface area contributed by atoms with Crippen LogP contribution in [-0.4, -0.2) is 30.8 Å². The van der Waals surface area contributed by atoms with E-state index in [9.17, 15) is 4.79 Å². The molecule has 0 atom stereocenters. The number of carbonyl (C=O) groups excluding carboxylic acids is 1. The third-order valence-corrected chi connectivity index (χ3v) is 3.06. The molecule has 1 saturated heterocycles. The lowest BCUT2D eigenvalue weighted by molar-refractivity contribution is 0.126. The highest BCUT2D eigenvalue weighted by Gasteiger charge is 2.25. The van der Waals surface area contributed by atoms with Crippen LogP contribution in [-0.2, 0) is 4.74 Å². The Labute approximate surface area is 108 Å². The molecule has 0 bridgehead atoms. The summed E-state index contributed by atoms with van der Waals surface area (Å²) in [6.45, 7) is 4.05. The van der Waals surface area contributed by atoms with E-state index in [1.54, 1.807) is 5.01 Å². The van der Waals surface area contributed by atoms with Gasteiger partial charge in [0, 0.05) is 13.1 Å². The topological polar surface area (TPSA) is 32.8 Å². The molecule has 0 N–H and O–H groups in total. The molecular formula is C14H20N2O2. The Kier molecular flexibility index (Phi) is 4.59. The molecule has 0 unspecified atom stereocenters. The molecule has 0 aliphatic carbocycles. The van der Waals surface area contributed by atoms with Crippen LogP contribution in [0.1, 0.15) is 26.2 Å². The minimum absolute atomic E-state index is 0.286. The van der Waals surface area contributed by atoms with Crippen molar-refractivity contribution in [3.63, 3.8) is 0 Å². The van der Waals surface area contributed by atoms with Gasteiger partial charge < -0.3 is 4.74 Å². The van der Waals surface area contributed by atoms with Crippen molar-refractivity contribution in [2.45, 2.75) is 26.2 Å². The SMILES string of the molecule is CCOC(=O)N(c1ccccc1)N1CCCCC1. The molecule has 98 valence electrons. The largest absolute Gasteiger partial charge is 0.448 e. The molecule has 0 spiro atoms. The fourth-order valence-electron chi connectivity index (χ4n) is 2.22. The molecule has 2 rings (SSSR count). The lowest BCUT2D eigenvalue weighted by Crippen LogP contribution is -2.49. The van der Waals surface area contributed by atoms with Crippen LogP contribution in [0.3, 0.4) is 0 Å². The number of amides is 1. The number of anilines is 1. The summed E-state index contributed by atoms with van der Waals surface area (Å²) < 4.78 is 5.16. The highest BCUT2D eigenvalue weighted by molar-refractivity contribution is 5.86. The predicted octanol–water partition coefficient (Wildman–Crippen LogP) is 3.05. The summed E-state index contributed by atoms with van der Waals surface area (Å²) in [4.78, 5) is 12.1. The van der Waals surface area contributed by atoms with Gasteiger partial charge in [0.25, 0.3) is 0 Å². The second-order valence-corrected chi connectivity index (χ2v) is 4.36. The van der Waals surface area contributed by atoms with Crippen molar-refractivity contribution in [2.24, 2.45) is 0 Å². The number of benzene rings is 1. The summed E-state index contributed by atoms with van der Waals surface area (Å²) in [5.74, 6) is 0. The van der Waals surface area contributed by atoms with Gasteiger partial charge in [0.2, 0.25) is 0 Å². The number of hydrogen-bond acceptors (Lipinski definition) is 3. The quantitative estimate of drug-likeness (QED) is 0.824. The van der Waals surface area contributed by atoms with Gasteiger partial charge in [-0.05, 0) is 31.9 Å². The minimum Gasteiger partial charge on any atom is -0.448 e. The Morgan fingerprint density at radius 2 is 1.89 bits per heavy atom. The Hall–Kier alpha value is -1.55. The lowest BCUT2D eigenvalue weighted by Gasteiger charge is -2.36. The minimum atomic E-state index is -0.286. The monoisotopic (exact) mass is 248 g/mol. The van der Waals surface area contributed by atoms with E-state index in [4.69, 9.17) is 4.74 Å². The second-order valence-electron chi connectivity index (χ2n) is 4.36. The highest BCUT2D eigenvalue weighted by atomic mass is 16.6. The first-order valence-electron chi connectivity index (χ1n) is 6.59. The third kappa shape index (κ3) is 3.01. The zero-order valence-electron chi connectivity index (χ0n) is 10.8. The van der Waals surface area contributed by atoms with Gasteiger partial charge in [-0.1, -0.05) is 24.6 Å². The second kappa shape index (κ2) is 6.40. The number of hydrazine groups is 1. The molecule has 1 aromatic rings. The molecule has 1 heterocycles. The first kappa shape index (κ1) is 12.9. The smallest absolute Gasteiger partial charge is 0.429 e. The van der Waals surface area contributed by atoms with Gasteiger partial charge in [0.05, 0.1) is 12.3 Å². The van der Waals surface area contributed by atoms with E-state index in [0.717, 1.165) is 31.6 Å². The number of rotatable bonds is 3. The maximum Gasteiger partial charge on any atom is 0.429 e. The van der Waals surface area contributed by atoms with Crippen molar-refractivity contribution in [2.75, 3.05) is 24.7 Å². The standard InChI is InChI=1S/C14H20N2O2/c1-2-18-14(17)16(13-9-5-3-6-10-13)15-11-7-4-8-12-15/h3,5-6,9-10H,2,4,7-8,11-12H2,1H3. The molecule has 1 aliphatic heterocycles. The summed E-state index contributed by atoms with van der Waals surface area (Å²) >= 11 is 0. The van der Waals surface area contributed by atoms with Crippen molar-refractivity contribution in [1.82, 2.24) is 5.01 Å². The molecule has 4 heteroatoms. The van der Waals surface area contributed by atoms with Crippen molar-refractivity contribution >= 4 is 11.8 Å². The Morgan fingerprint density at radius 1 is 1.22 bits per heavy atom. The van der Waals surface area contributed by atoms with E-state index in [-0.39, 0.29) is 6.09 Å². The number of carbonyl (C=O) groups is 1. The maximum absolute atomic E-state index is 12.1.